The number of piperidine rings is 1. The Kier molecular flexibility index (Phi) is 3.32. The fraction of sp³-hybridized carbons (Fsp3) is 0.545. The highest BCUT2D eigenvalue weighted by molar-refractivity contribution is 5.87. The number of aromatic amines is 1. The number of halogens is 3. The lowest BCUT2D eigenvalue weighted by atomic mass is 9.97. The van der Waals surface area contributed by atoms with E-state index in [0.717, 1.165) is 0 Å². The van der Waals surface area contributed by atoms with Crippen LogP contribution in [0.15, 0.2) is 6.20 Å². The van der Waals surface area contributed by atoms with Gasteiger partial charge in [0.05, 0.1) is 17.5 Å². The molecule has 3 heterocycles. The van der Waals surface area contributed by atoms with Crippen LogP contribution in [0.25, 0.3) is 11.0 Å². The Morgan fingerprint density at radius 2 is 2.19 bits per heavy atom. The van der Waals surface area contributed by atoms with Gasteiger partial charge in [-0.05, 0) is 12.8 Å². The summed E-state index contributed by atoms with van der Waals surface area (Å²) in [4.78, 5) is 9.86. The van der Waals surface area contributed by atoms with Gasteiger partial charge in [0.25, 0.3) is 0 Å². The molecule has 1 atom stereocenters. The summed E-state index contributed by atoms with van der Waals surface area (Å²) in [6, 6.07) is 0. The predicted molar refractivity (Wildman–Crippen MR) is 70.5 cm³/mol. The Labute approximate surface area is 117 Å². The Hall–Kier alpha value is -2.10. The molecule has 1 unspecified atom stereocenters. The first kappa shape index (κ1) is 13.9. The van der Waals surface area contributed by atoms with Crippen molar-refractivity contribution in [1.82, 2.24) is 20.2 Å². The second-order valence-corrected chi connectivity index (χ2v) is 4.97. The van der Waals surface area contributed by atoms with Crippen molar-refractivity contribution < 1.29 is 13.2 Å². The molecule has 4 N–H and O–H groups in total. The van der Waals surface area contributed by atoms with E-state index in [4.69, 9.17) is 5.84 Å². The van der Waals surface area contributed by atoms with Gasteiger partial charge in [0, 0.05) is 13.1 Å². The number of nitrogen functional groups attached to an aromatic ring is 1. The second-order valence-electron chi connectivity index (χ2n) is 4.97. The molecule has 0 radical (unpaired) electrons. The topological polar surface area (TPSA) is 95.7 Å². The number of nitrogens with two attached hydrogens (primary N) is 1. The van der Waals surface area contributed by atoms with Gasteiger partial charge in [-0.15, -0.1) is 0 Å². The van der Waals surface area contributed by atoms with E-state index < -0.39 is 12.1 Å². The van der Waals surface area contributed by atoms with Crippen LogP contribution in [0.4, 0.5) is 24.9 Å². The second kappa shape index (κ2) is 5.02. The van der Waals surface area contributed by atoms with Crippen LogP contribution in [-0.2, 0) is 0 Å². The van der Waals surface area contributed by atoms with Crippen LogP contribution >= 0.6 is 0 Å². The van der Waals surface area contributed by atoms with Crippen LogP contribution in [0.1, 0.15) is 12.8 Å². The number of aromatic nitrogens is 4. The molecule has 0 amide bonds. The summed E-state index contributed by atoms with van der Waals surface area (Å²) in [5.41, 5.74) is 2.74. The largest absolute Gasteiger partial charge is 0.393 e. The number of rotatable bonds is 2. The molecule has 7 nitrogen and oxygen atoms in total. The third-order valence-corrected chi connectivity index (χ3v) is 3.60. The normalized spacial score (nSPS) is 20.0. The van der Waals surface area contributed by atoms with Crippen molar-refractivity contribution in [3.63, 3.8) is 0 Å². The van der Waals surface area contributed by atoms with Gasteiger partial charge in [0.15, 0.2) is 5.65 Å². The monoisotopic (exact) mass is 301 g/mol. The molecule has 0 spiro atoms. The highest BCUT2D eigenvalue weighted by Gasteiger charge is 2.42. The van der Waals surface area contributed by atoms with E-state index in [1.54, 1.807) is 4.90 Å². The van der Waals surface area contributed by atoms with E-state index in [0.29, 0.717) is 29.8 Å². The van der Waals surface area contributed by atoms with Gasteiger partial charge in [-0.3, -0.25) is 10.5 Å². The summed E-state index contributed by atoms with van der Waals surface area (Å²) in [6.45, 7) is 0.388. The minimum atomic E-state index is -4.20. The van der Waals surface area contributed by atoms with Crippen LogP contribution in [-0.4, -0.2) is 39.4 Å². The molecule has 1 aliphatic rings. The van der Waals surface area contributed by atoms with Gasteiger partial charge in [0.2, 0.25) is 5.95 Å². The number of hydrogen-bond acceptors (Lipinski definition) is 6. The molecule has 0 aromatic carbocycles. The molecule has 3 rings (SSSR count). The minimum Gasteiger partial charge on any atom is -0.355 e. The van der Waals surface area contributed by atoms with E-state index in [2.05, 4.69) is 25.6 Å². The lowest BCUT2D eigenvalue weighted by Crippen LogP contribution is -2.42. The van der Waals surface area contributed by atoms with Crippen LogP contribution in [0.2, 0.25) is 0 Å². The fourth-order valence-electron chi connectivity index (χ4n) is 2.56. The van der Waals surface area contributed by atoms with Gasteiger partial charge in [-0.2, -0.15) is 28.2 Å². The standard InChI is InChI=1S/C11H14F3N7/c12-11(13,14)6-2-1-3-21(5-6)9-7-4-16-20-8(7)17-10(18-9)19-15/h4,6H,1-3,5,15H2,(H2,16,17,18,19,20). The van der Waals surface area contributed by atoms with Crippen LogP contribution in [0.3, 0.4) is 0 Å². The van der Waals surface area contributed by atoms with E-state index in [1.807, 2.05) is 0 Å². The first-order valence-electron chi connectivity index (χ1n) is 6.48. The lowest BCUT2D eigenvalue weighted by Gasteiger charge is -2.34. The smallest absolute Gasteiger partial charge is 0.355 e. The number of nitrogens with zero attached hydrogens (tertiary/aromatic N) is 4. The average molecular weight is 301 g/mol. The number of fused-ring (bicyclic) bond motifs is 1. The van der Waals surface area contributed by atoms with Crippen molar-refractivity contribution >= 4 is 22.8 Å². The molecule has 21 heavy (non-hydrogen) atoms. The SMILES string of the molecule is NNc1nc(N2CCCC(C(F)(F)F)C2)c2cn[nH]c2n1. The van der Waals surface area contributed by atoms with Crippen molar-refractivity contribution in [2.75, 3.05) is 23.4 Å². The van der Waals surface area contributed by atoms with Crippen LogP contribution < -0.4 is 16.2 Å². The highest BCUT2D eigenvalue weighted by atomic mass is 19.4. The zero-order valence-corrected chi connectivity index (χ0v) is 11.0. The number of hydrazine groups is 1. The molecule has 114 valence electrons. The van der Waals surface area contributed by atoms with Crippen molar-refractivity contribution in [2.45, 2.75) is 19.0 Å². The Bertz CT molecular complexity index is 638. The molecule has 0 bridgehead atoms. The van der Waals surface area contributed by atoms with E-state index in [9.17, 15) is 13.2 Å². The summed E-state index contributed by atoms with van der Waals surface area (Å²) < 4.78 is 38.8. The number of anilines is 2. The third-order valence-electron chi connectivity index (χ3n) is 3.60. The van der Waals surface area contributed by atoms with Crippen molar-refractivity contribution in [2.24, 2.45) is 11.8 Å². The van der Waals surface area contributed by atoms with Crippen LogP contribution in [0, 0.1) is 5.92 Å². The number of H-pyrrole nitrogens is 1. The summed E-state index contributed by atoms with van der Waals surface area (Å²) in [6.07, 6.45) is -2.10. The number of hydrogen-bond donors (Lipinski definition) is 3. The highest BCUT2D eigenvalue weighted by Crippen LogP contribution is 2.35. The quantitative estimate of drug-likeness (QED) is 0.573. The first-order valence-corrected chi connectivity index (χ1v) is 6.48. The molecule has 1 saturated heterocycles. The van der Waals surface area contributed by atoms with Crippen molar-refractivity contribution in [3.8, 4) is 0 Å². The average Bonchev–Trinajstić information content (AvgIpc) is 2.93. The summed E-state index contributed by atoms with van der Waals surface area (Å²) in [7, 11) is 0. The number of alkyl halides is 3. The van der Waals surface area contributed by atoms with Crippen LogP contribution in [0.5, 0.6) is 0 Å². The molecule has 1 fully saturated rings. The maximum atomic E-state index is 12.9. The van der Waals surface area contributed by atoms with Crippen molar-refractivity contribution in [1.29, 1.82) is 0 Å². The first-order chi connectivity index (χ1) is 9.99. The zero-order chi connectivity index (χ0) is 15.0. The molecular formula is C11H14F3N7. The Morgan fingerprint density at radius 3 is 2.90 bits per heavy atom. The maximum absolute atomic E-state index is 12.9. The molecule has 10 heteroatoms. The van der Waals surface area contributed by atoms with E-state index in [1.165, 1.54) is 6.20 Å². The Morgan fingerprint density at radius 1 is 1.38 bits per heavy atom. The lowest BCUT2D eigenvalue weighted by molar-refractivity contribution is -0.176. The summed E-state index contributed by atoms with van der Waals surface area (Å²) in [5, 5.41) is 7.11. The predicted octanol–water partition coefficient (Wildman–Crippen LogP) is 1.42. The fourth-order valence-corrected chi connectivity index (χ4v) is 2.56. The maximum Gasteiger partial charge on any atom is 0.393 e. The third kappa shape index (κ3) is 2.58. The zero-order valence-electron chi connectivity index (χ0n) is 11.0. The number of nitrogens with one attached hydrogen (secondary N) is 2. The molecule has 2 aromatic rings. The van der Waals surface area contributed by atoms with Gasteiger partial charge >= 0.3 is 6.18 Å². The molecule has 1 aliphatic heterocycles. The van der Waals surface area contributed by atoms with Gasteiger partial charge in [-0.25, -0.2) is 5.84 Å². The van der Waals surface area contributed by atoms with E-state index in [-0.39, 0.29) is 18.9 Å². The van der Waals surface area contributed by atoms with Crippen molar-refractivity contribution in [3.05, 3.63) is 6.20 Å². The van der Waals surface area contributed by atoms with Gasteiger partial charge < -0.3 is 4.90 Å². The van der Waals surface area contributed by atoms with Gasteiger partial charge in [-0.1, -0.05) is 0 Å². The molecule has 2 aromatic heterocycles. The van der Waals surface area contributed by atoms with E-state index >= 15 is 0 Å². The molecular weight excluding hydrogens is 287 g/mol. The Balaban J connectivity index is 1.97. The summed E-state index contributed by atoms with van der Waals surface area (Å²) >= 11 is 0. The summed E-state index contributed by atoms with van der Waals surface area (Å²) in [5.74, 6) is 4.49. The molecule has 0 aliphatic carbocycles. The minimum absolute atomic E-state index is 0.120. The molecule has 0 saturated carbocycles. The van der Waals surface area contributed by atoms with Gasteiger partial charge in [0.1, 0.15) is 5.82 Å².